The first-order valence-corrected chi connectivity index (χ1v) is 8.60. The number of hydrogen-bond acceptors (Lipinski definition) is 2. The molecule has 110 valence electrons. The standard InChI is InChI=1S/C15H31IO2/c1-5-8-17-12-18-9-6-7-13(2)10-14(3)11-15(4)16/h13-15H,5-12H2,1-4H3. The van der Waals surface area contributed by atoms with Gasteiger partial charge in [-0.2, -0.15) is 0 Å². The second-order valence-corrected chi connectivity index (χ2v) is 7.67. The molecule has 0 heterocycles. The molecule has 0 aromatic heterocycles. The molecule has 0 spiro atoms. The predicted molar refractivity (Wildman–Crippen MR) is 87.3 cm³/mol. The van der Waals surface area contributed by atoms with E-state index in [1.807, 2.05) is 0 Å². The maximum atomic E-state index is 5.43. The van der Waals surface area contributed by atoms with Crippen LogP contribution in [-0.4, -0.2) is 23.9 Å². The van der Waals surface area contributed by atoms with E-state index in [2.05, 4.69) is 50.3 Å². The molecule has 0 fully saturated rings. The zero-order chi connectivity index (χ0) is 13.8. The van der Waals surface area contributed by atoms with Gasteiger partial charge in [-0.3, -0.25) is 0 Å². The summed E-state index contributed by atoms with van der Waals surface area (Å²) in [5, 5.41) is 0. The minimum Gasteiger partial charge on any atom is -0.355 e. The number of ether oxygens (including phenoxy) is 2. The lowest BCUT2D eigenvalue weighted by Crippen LogP contribution is -2.08. The van der Waals surface area contributed by atoms with Gasteiger partial charge in [0.15, 0.2) is 0 Å². The lowest BCUT2D eigenvalue weighted by Gasteiger charge is -2.18. The molecular formula is C15H31IO2. The minimum atomic E-state index is 0.463. The van der Waals surface area contributed by atoms with Crippen LogP contribution in [0.2, 0.25) is 0 Å². The van der Waals surface area contributed by atoms with Gasteiger partial charge in [0.2, 0.25) is 0 Å². The van der Waals surface area contributed by atoms with Gasteiger partial charge in [0.05, 0.1) is 0 Å². The fourth-order valence-corrected chi connectivity index (χ4v) is 3.18. The Balaban J connectivity index is 3.33. The molecule has 0 N–H and O–H groups in total. The molecule has 3 unspecified atom stereocenters. The van der Waals surface area contributed by atoms with Crippen molar-refractivity contribution in [1.82, 2.24) is 0 Å². The number of rotatable bonds is 12. The molecule has 0 amide bonds. The predicted octanol–water partition coefficient (Wildman–Crippen LogP) is 5.04. The highest BCUT2D eigenvalue weighted by Gasteiger charge is 2.10. The van der Waals surface area contributed by atoms with E-state index in [9.17, 15) is 0 Å². The molecule has 0 aliphatic heterocycles. The largest absolute Gasteiger partial charge is 0.355 e. The highest BCUT2D eigenvalue weighted by molar-refractivity contribution is 14.1. The van der Waals surface area contributed by atoms with Crippen molar-refractivity contribution in [2.24, 2.45) is 11.8 Å². The Morgan fingerprint density at radius 1 is 0.944 bits per heavy atom. The van der Waals surface area contributed by atoms with Crippen LogP contribution in [0.4, 0.5) is 0 Å². The van der Waals surface area contributed by atoms with E-state index in [1.54, 1.807) is 0 Å². The highest BCUT2D eigenvalue weighted by Crippen LogP contribution is 2.22. The van der Waals surface area contributed by atoms with Crippen molar-refractivity contribution < 1.29 is 9.47 Å². The van der Waals surface area contributed by atoms with Crippen molar-refractivity contribution in [3.8, 4) is 0 Å². The van der Waals surface area contributed by atoms with Gasteiger partial charge >= 0.3 is 0 Å². The van der Waals surface area contributed by atoms with Crippen molar-refractivity contribution in [2.45, 2.75) is 63.7 Å². The third kappa shape index (κ3) is 13.1. The van der Waals surface area contributed by atoms with Gasteiger partial charge < -0.3 is 9.47 Å². The van der Waals surface area contributed by atoms with Crippen molar-refractivity contribution in [3.63, 3.8) is 0 Å². The Morgan fingerprint density at radius 3 is 2.22 bits per heavy atom. The van der Waals surface area contributed by atoms with Gasteiger partial charge in [0, 0.05) is 17.1 Å². The van der Waals surface area contributed by atoms with Crippen LogP contribution in [0.5, 0.6) is 0 Å². The van der Waals surface area contributed by atoms with Crippen LogP contribution in [0.25, 0.3) is 0 Å². The monoisotopic (exact) mass is 370 g/mol. The fourth-order valence-electron chi connectivity index (χ4n) is 2.31. The zero-order valence-electron chi connectivity index (χ0n) is 12.6. The van der Waals surface area contributed by atoms with Crippen LogP contribution in [0, 0.1) is 11.8 Å². The van der Waals surface area contributed by atoms with Gasteiger partial charge in [0.25, 0.3) is 0 Å². The second-order valence-electron chi connectivity index (χ2n) is 5.54. The molecule has 0 aromatic carbocycles. The summed E-state index contributed by atoms with van der Waals surface area (Å²) in [6.07, 6.45) is 6.18. The average Bonchev–Trinajstić information content (AvgIpc) is 2.26. The molecule has 0 saturated carbocycles. The Bertz CT molecular complexity index is 174. The Kier molecular flexibility index (Phi) is 13.1. The molecule has 0 saturated heterocycles. The minimum absolute atomic E-state index is 0.463. The molecular weight excluding hydrogens is 339 g/mol. The zero-order valence-corrected chi connectivity index (χ0v) is 14.7. The van der Waals surface area contributed by atoms with Gasteiger partial charge in [-0.05, 0) is 43.9 Å². The first-order valence-electron chi connectivity index (χ1n) is 7.35. The summed E-state index contributed by atoms with van der Waals surface area (Å²) in [6.45, 7) is 11.3. The van der Waals surface area contributed by atoms with E-state index < -0.39 is 0 Å². The van der Waals surface area contributed by atoms with Crippen LogP contribution in [-0.2, 0) is 9.47 Å². The molecule has 0 aromatic rings. The van der Waals surface area contributed by atoms with Crippen molar-refractivity contribution in [2.75, 3.05) is 20.0 Å². The molecule has 0 rings (SSSR count). The fraction of sp³-hybridized carbons (Fsp3) is 1.00. The molecule has 0 bridgehead atoms. The molecule has 18 heavy (non-hydrogen) atoms. The molecule has 3 atom stereocenters. The maximum absolute atomic E-state index is 5.43. The van der Waals surface area contributed by atoms with Crippen molar-refractivity contribution in [1.29, 1.82) is 0 Å². The summed E-state index contributed by atoms with van der Waals surface area (Å²) in [5.74, 6) is 1.66. The van der Waals surface area contributed by atoms with Crippen LogP contribution >= 0.6 is 22.6 Å². The van der Waals surface area contributed by atoms with Gasteiger partial charge in [-0.1, -0.05) is 50.3 Å². The van der Waals surface area contributed by atoms with E-state index in [-0.39, 0.29) is 0 Å². The molecule has 0 aliphatic rings. The van der Waals surface area contributed by atoms with E-state index in [1.165, 1.54) is 19.3 Å². The van der Waals surface area contributed by atoms with Crippen molar-refractivity contribution in [3.05, 3.63) is 0 Å². The summed E-state index contributed by atoms with van der Waals surface area (Å²) in [6, 6.07) is 0. The Hall–Kier alpha value is 0.650. The maximum Gasteiger partial charge on any atom is 0.146 e. The average molecular weight is 370 g/mol. The highest BCUT2D eigenvalue weighted by atomic mass is 127. The third-order valence-corrected chi connectivity index (χ3v) is 3.54. The number of halogens is 1. The van der Waals surface area contributed by atoms with Crippen LogP contribution in [0.15, 0.2) is 0 Å². The first kappa shape index (κ1) is 18.7. The summed E-state index contributed by atoms with van der Waals surface area (Å²) in [7, 11) is 0. The topological polar surface area (TPSA) is 18.5 Å². The molecule has 0 aliphatic carbocycles. The molecule has 2 nitrogen and oxygen atoms in total. The molecule has 0 radical (unpaired) electrons. The van der Waals surface area contributed by atoms with Crippen molar-refractivity contribution >= 4 is 22.6 Å². The Morgan fingerprint density at radius 2 is 1.61 bits per heavy atom. The van der Waals surface area contributed by atoms with Crippen LogP contribution in [0.3, 0.4) is 0 Å². The third-order valence-electron chi connectivity index (χ3n) is 3.03. The summed E-state index contributed by atoms with van der Waals surface area (Å²) in [4.78, 5) is 0. The second kappa shape index (κ2) is 12.7. The Labute approximate surface area is 127 Å². The first-order chi connectivity index (χ1) is 8.56. The number of alkyl halides is 1. The SMILES string of the molecule is CCCOCOCCCC(C)CC(C)CC(C)I. The number of hydrogen-bond donors (Lipinski definition) is 0. The quantitative estimate of drug-likeness (QED) is 0.207. The van der Waals surface area contributed by atoms with Crippen LogP contribution < -0.4 is 0 Å². The summed E-state index contributed by atoms with van der Waals surface area (Å²) in [5.41, 5.74) is 0. The summed E-state index contributed by atoms with van der Waals surface area (Å²) < 4.78 is 11.5. The lowest BCUT2D eigenvalue weighted by atomic mass is 9.91. The van der Waals surface area contributed by atoms with E-state index >= 15 is 0 Å². The lowest BCUT2D eigenvalue weighted by molar-refractivity contribution is -0.0549. The smallest absolute Gasteiger partial charge is 0.146 e. The van der Waals surface area contributed by atoms with Gasteiger partial charge in [-0.15, -0.1) is 0 Å². The van der Waals surface area contributed by atoms with E-state index in [0.29, 0.717) is 6.79 Å². The summed E-state index contributed by atoms with van der Waals surface area (Å²) >= 11 is 2.52. The van der Waals surface area contributed by atoms with Gasteiger partial charge in [0.1, 0.15) is 6.79 Å². The van der Waals surface area contributed by atoms with E-state index in [0.717, 1.165) is 41.8 Å². The van der Waals surface area contributed by atoms with Gasteiger partial charge in [-0.25, -0.2) is 0 Å². The van der Waals surface area contributed by atoms with Crippen LogP contribution in [0.1, 0.15) is 59.8 Å². The van der Waals surface area contributed by atoms with E-state index in [4.69, 9.17) is 9.47 Å². The molecule has 3 heteroatoms. The normalized spacial score (nSPS) is 16.5.